The Bertz CT molecular complexity index is 190. The largest absolute Gasteiger partial charge is 0.373 e. The van der Waals surface area contributed by atoms with Crippen LogP contribution in [0.4, 0.5) is 4.79 Å². The first-order valence-corrected chi connectivity index (χ1v) is 4.61. The fraction of sp³-hybridized carbons (Fsp3) is 0.667. The Morgan fingerprint density at radius 1 is 1.14 bits per heavy atom. The lowest BCUT2D eigenvalue weighted by molar-refractivity contribution is 0.256. The van der Waals surface area contributed by atoms with E-state index < -0.39 is 6.03 Å². The van der Waals surface area contributed by atoms with Crippen molar-refractivity contribution in [2.75, 3.05) is 13.2 Å². The molecule has 0 bridgehead atoms. The van der Waals surface area contributed by atoms with E-state index in [0.29, 0.717) is 12.2 Å². The minimum atomic E-state index is -0.833. The number of ether oxygens (including phenoxy) is 2. The summed E-state index contributed by atoms with van der Waals surface area (Å²) in [5, 5.41) is 0. The molecule has 2 aliphatic rings. The normalized spacial score (nSPS) is 28.0. The summed E-state index contributed by atoms with van der Waals surface area (Å²) < 4.78 is 10.1. The molecule has 0 aromatic carbocycles. The van der Waals surface area contributed by atoms with Crippen molar-refractivity contribution in [1.82, 2.24) is 0 Å². The first kappa shape index (κ1) is 11.0. The second-order valence-electron chi connectivity index (χ2n) is 3.26. The minimum absolute atomic E-state index is 0.538. The summed E-state index contributed by atoms with van der Waals surface area (Å²) in [7, 11) is 0. The molecule has 4 N–H and O–H groups in total. The van der Waals surface area contributed by atoms with E-state index in [1.807, 2.05) is 0 Å². The van der Waals surface area contributed by atoms with Gasteiger partial charge < -0.3 is 20.9 Å². The van der Waals surface area contributed by atoms with Gasteiger partial charge in [0.2, 0.25) is 0 Å². The van der Waals surface area contributed by atoms with Crippen LogP contribution in [0, 0.1) is 0 Å². The standard InChI is InChI=1S/C8H12O2.CH4N2O/c1(3-7-5-9-7)2-4-8-6-10-8;2-1(3)4/h1-2,7-8H,3-6H2;(H4,2,3,4). The van der Waals surface area contributed by atoms with E-state index in [1.54, 1.807) is 0 Å². The first-order chi connectivity index (χ1) is 6.68. The molecule has 0 aromatic heterocycles. The molecule has 2 atom stereocenters. The monoisotopic (exact) mass is 200 g/mol. The highest BCUT2D eigenvalue weighted by atomic mass is 16.6. The van der Waals surface area contributed by atoms with Crippen molar-refractivity contribution in [3.05, 3.63) is 12.2 Å². The number of hydrogen-bond donors (Lipinski definition) is 2. The van der Waals surface area contributed by atoms with Gasteiger partial charge in [0.1, 0.15) is 0 Å². The summed E-state index contributed by atoms with van der Waals surface area (Å²) >= 11 is 0. The summed E-state index contributed by atoms with van der Waals surface area (Å²) in [5.74, 6) is 0. The van der Waals surface area contributed by atoms with E-state index in [-0.39, 0.29) is 0 Å². The van der Waals surface area contributed by atoms with Crippen LogP contribution < -0.4 is 11.5 Å². The molecule has 0 aliphatic carbocycles. The average molecular weight is 200 g/mol. The molecule has 80 valence electrons. The second-order valence-corrected chi connectivity index (χ2v) is 3.26. The highest BCUT2D eigenvalue weighted by Gasteiger charge is 2.21. The van der Waals surface area contributed by atoms with Crippen LogP contribution >= 0.6 is 0 Å². The quantitative estimate of drug-likeness (QED) is 0.499. The lowest BCUT2D eigenvalue weighted by Gasteiger charge is -1.83. The van der Waals surface area contributed by atoms with E-state index in [9.17, 15) is 0 Å². The van der Waals surface area contributed by atoms with Gasteiger partial charge in [-0.05, 0) is 12.8 Å². The fourth-order valence-electron chi connectivity index (χ4n) is 0.904. The van der Waals surface area contributed by atoms with E-state index in [2.05, 4.69) is 23.6 Å². The Morgan fingerprint density at radius 2 is 1.43 bits per heavy atom. The number of urea groups is 1. The molecule has 2 rings (SSSR count). The minimum Gasteiger partial charge on any atom is -0.373 e. The molecule has 0 spiro atoms. The summed E-state index contributed by atoms with van der Waals surface area (Å²) in [5.41, 5.74) is 8.50. The van der Waals surface area contributed by atoms with Crippen LogP contribution in [0.25, 0.3) is 0 Å². The van der Waals surface area contributed by atoms with Crippen LogP contribution in [0.1, 0.15) is 12.8 Å². The molecule has 2 unspecified atom stereocenters. The summed E-state index contributed by atoms with van der Waals surface area (Å²) in [6.45, 7) is 1.93. The third kappa shape index (κ3) is 7.57. The molecule has 0 saturated carbocycles. The van der Waals surface area contributed by atoms with Crippen LogP contribution in [0.2, 0.25) is 0 Å². The molecule has 2 amide bonds. The van der Waals surface area contributed by atoms with E-state index >= 15 is 0 Å². The van der Waals surface area contributed by atoms with Gasteiger partial charge in [-0.3, -0.25) is 0 Å². The molecule has 0 aromatic rings. The Balaban J connectivity index is 0.000000213. The SMILES string of the molecule is C(=CCC1CO1)CC1CO1.NC(N)=O. The average Bonchev–Trinajstić information content (AvgIpc) is 2.93. The Morgan fingerprint density at radius 3 is 1.64 bits per heavy atom. The van der Waals surface area contributed by atoms with Crippen LogP contribution in [-0.4, -0.2) is 31.5 Å². The number of rotatable bonds is 4. The highest BCUT2D eigenvalue weighted by Crippen LogP contribution is 2.16. The van der Waals surface area contributed by atoms with Gasteiger partial charge in [0, 0.05) is 0 Å². The number of nitrogens with two attached hydrogens (primary N) is 2. The zero-order chi connectivity index (χ0) is 10.4. The summed E-state index contributed by atoms with van der Waals surface area (Å²) in [4.78, 5) is 9.00. The smallest absolute Gasteiger partial charge is 0.309 e. The molecule has 2 fully saturated rings. The number of epoxide rings is 2. The van der Waals surface area contributed by atoms with Gasteiger partial charge in [-0.25, -0.2) is 4.79 Å². The van der Waals surface area contributed by atoms with Crippen LogP contribution in [0.15, 0.2) is 12.2 Å². The lowest BCUT2D eigenvalue weighted by atomic mass is 10.2. The van der Waals surface area contributed by atoms with Gasteiger partial charge in [-0.1, -0.05) is 12.2 Å². The number of carbonyl (C=O) groups excluding carboxylic acids is 1. The topological polar surface area (TPSA) is 94.2 Å². The maximum absolute atomic E-state index is 9.00. The molecule has 2 saturated heterocycles. The highest BCUT2D eigenvalue weighted by molar-refractivity contribution is 5.69. The predicted octanol–water partition coefficient (Wildman–Crippen LogP) is 0.144. The van der Waals surface area contributed by atoms with E-state index in [4.69, 9.17) is 14.3 Å². The maximum atomic E-state index is 9.00. The second kappa shape index (κ2) is 5.62. The Kier molecular flexibility index (Phi) is 4.42. The van der Waals surface area contributed by atoms with Crippen molar-refractivity contribution in [2.45, 2.75) is 25.0 Å². The third-order valence-electron chi connectivity index (χ3n) is 1.77. The predicted molar refractivity (Wildman–Crippen MR) is 51.6 cm³/mol. The van der Waals surface area contributed by atoms with Crippen molar-refractivity contribution in [3.63, 3.8) is 0 Å². The molecular weight excluding hydrogens is 184 g/mol. The third-order valence-corrected chi connectivity index (χ3v) is 1.77. The van der Waals surface area contributed by atoms with Gasteiger partial charge in [0.15, 0.2) is 0 Å². The van der Waals surface area contributed by atoms with Gasteiger partial charge in [-0.2, -0.15) is 0 Å². The van der Waals surface area contributed by atoms with Crippen LogP contribution in [-0.2, 0) is 9.47 Å². The zero-order valence-corrected chi connectivity index (χ0v) is 8.02. The molecule has 14 heavy (non-hydrogen) atoms. The lowest BCUT2D eigenvalue weighted by Crippen LogP contribution is -2.18. The van der Waals surface area contributed by atoms with E-state index in [0.717, 1.165) is 26.1 Å². The molecule has 2 heterocycles. The van der Waals surface area contributed by atoms with Gasteiger partial charge >= 0.3 is 6.03 Å². The van der Waals surface area contributed by atoms with Crippen molar-refractivity contribution >= 4 is 6.03 Å². The molecule has 0 radical (unpaired) electrons. The van der Waals surface area contributed by atoms with Crippen LogP contribution in [0.3, 0.4) is 0 Å². The summed E-state index contributed by atoms with van der Waals surface area (Å²) in [6, 6.07) is -0.833. The number of amides is 2. The van der Waals surface area contributed by atoms with Crippen molar-refractivity contribution in [2.24, 2.45) is 11.5 Å². The Hall–Kier alpha value is -1.07. The van der Waals surface area contributed by atoms with E-state index in [1.165, 1.54) is 0 Å². The molecule has 5 heteroatoms. The van der Waals surface area contributed by atoms with Crippen molar-refractivity contribution < 1.29 is 14.3 Å². The fourth-order valence-corrected chi connectivity index (χ4v) is 0.904. The van der Waals surface area contributed by atoms with Gasteiger partial charge in [0.05, 0.1) is 25.4 Å². The number of hydrogen-bond acceptors (Lipinski definition) is 3. The number of carbonyl (C=O) groups is 1. The van der Waals surface area contributed by atoms with Crippen molar-refractivity contribution in [3.8, 4) is 0 Å². The molecule has 5 nitrogen and oxygen atoms in total. The number of primary amides is 2. The van der Waals surface area contributed by atoms with Crippen LogP contribution in [0.5, 0.6) is 0 Å². The zero-order valence-electron chi connectivity index (χ0n) is 8.02. The first-order valence-electron chi connectivity index (χ1n) is 4.61. The maximum Gasteiger partial charge on any atom is 0.309 e. The van der Waals surface area contributed by atoms with Crippen molar-refractivity contribution in [1.29, 1.82) is 0 Å². The Labute approximate surface area is 83.0 Å². The molecular formula is C9H16N2O3. The molecule has 2 aliphatic heterocycles. The van der Waals surface area contributed by atoms with Gasteiger partial charge in [0.25, 0.3) is 0 Å². The summed E-state index contributed by atoms with van der Waals surface area (Å²) in [6.07, 6.45) is 7.64. The van der Waals surface area contributed by atoms with Gasteiger partial charge in [-0.15, -0.1) is 0 Å².